The van der Waals surface area contributed by atoms with Gasteiger partial charge in [0.1, 0.15) is 0 Å². The average molecular weight is 215 g/mol. The Morgan fingerprint density at radius 1 is 1.36 bits per heavy atom. The van der Waals surface area contributed by atoms with Crippen LogP contribution in [-0.2, 0) is 0 Å². The van der Waals surface area contributed by atoms with E-state index in [9.17, 15) is 0 Å². The van der Waals surface area contributed by atoms with E-state index >= 15 is 0 Å². The average Bonchev–Trinajstić information content (AvgIpc) is 2.70. The van der Waals surface area contributed by atoms with Crippen LogP contribution in [0.15, 0.2) is 0 Å². The van der Waals surface area contributed by atoms with Crippen molar-refractivity contribution in [2.45, 2.75) is 52.0 Å². The molecule has 0 saturated heterocycles. The Morgan fingerprint density at radius 3 is 2.71 bits per heavy atom. The second kappa shape index (κ2) is 7.58. The minimum atomic E-state index is 0.754. The van der Waals surface area contributed by atoms with E-state index in [1.165, 1.54) is 50.2 Å². The zero-order chi connectivity index (χ0) is 10.2. The van der Waals surface area contributed by atoms with Gasteiger partial charge in [0, 0.05) is 6.04 Å². The first-order valence-corrected chi connectivity index (χ1v) is 7.31. The molecule has 0 aromatic rings. The van der Waals surface area contributed by atoms with Crippen LogP contribution in [0.1, 0.15) is 46.0 Å². The van der Waals surface area contributed by atoms with Gasteiger partial charge in [-0.25, -0.2) is 0 Å². The highest BCUT2D eigenvalue weighted by Gasteiger charge is 2.20. The predicted molar refractivity (Wildman–Crippen MR) is 67.0 cm³/mol. The molecular weight excluding hydrogens is 190 g/mol. The van der Waals surface area contributed by atoms with Gasteiger partial charge in [0.25, 0.3) is 0 Å². The van der Waals surface area contributed by atoms with E-state index in [1.54, 1.807) is 0 Å². The summed E-state index contributed by atoms with van der Waals surface area (Å²) < 4.78 is 0. The summed E-state index contributed by atoms with van der Waals surface area (Å²) >= 11 is 2.05. The zero-order valence-corrected chi connectivity index (χ0v) is 10.5. The lowest BCUT2D eigenvalue weighted by Gasteiger charge is -2.20. The van der Waals surface area contributed by atoms with Crippen LogP contribution >= 0.6 is 11.8 Å². The van der Waals surface area contributed by atoms with Gasteiger partial charge in [0.2, 0.25) is 0 Å². The maximum Gasteiger partial charge on any atom is 0.00670 e. The summed E-state index contributed by atoms with van der Waals surface area (Å²) in [7, 11) is 0. The number of hydrogen-bond acceptors (Lipinski definition) is 2. The van der Waals surface area contributed by atoms with Gasteiger partial charge in [-0.15, -0.1) is 0 Å². The molecule has 1 fully saturated rings. The molecule has 0 bridgehead atoms. The Balaban J connectivity index is 1.94. The second-order valence-corrected chi connectivity index (χ2v) is 5.73. The molecule has 0 heterocycles. The van der Waals surface area contributed by atoms with Gasteiger partial charge in [0.15, 0.2) is 0 Å². The summed E-state index contributed by atoms with van der Waals surface area (Å²) in [6.07, 6.45) is 7.16. The Hall–Kier alpha value is 0.310. The van der Waals surface area contributed by atoms with Crippen LogP contribution in [0.5, 0.6) is 0 Å². The van der Waals surface area contributed by atoms with E-state index in [1.807, 2.05) is 0 Å². The molecule has 1 rings (SSSR count). The van der Waals surface area contributed by atoms with Crippen molar-refractivity contribution in [3.63, 3.8) is 0 Å². The third-order valence-corrected chi connectivity index (χ3v) is 4.23. The van der Waals surface area contributed by atoms with Crippen LogP contribution in [0.25, 0.3) is 0 Å². The number of hydrogen-bond donors (Lipinski definition) is 1. The SMILES string of the molecule is CCSCCCN[C@@H](C)C1CCCC1. The van der Waals surface area contributed by atoms with E-state index < -0.39 is 0 Å². The molecule has 0 aromatic heterocycles. The fourth-order valence-electron chi connectivity index (χ4n) is 2.27. The summed E-state index contributed by atoms with van der Waals surface area (Å²) in [4.78, 5) is 0. The van der Waals surface area contributed by atoms with Crippen molar-refractivity contribution in [1.29, 1.82) is 0 Å². The molecule has 1 aliphatic rings. The lowest BCUT2D eigenvalue weighted by molar-refractivity contribution is 0.383. The lowest BCUT2D eigenvalue weighted by atomic mass is 10.00. The Labute approximate surface area is 93.4 Å². The maximum absolute atomic E-state index is 3.67. The monoisotopic (exact) mass is 215 g/mol. The van der Waals surface area contributed by atoms with E-state index in [-0.39, 0.29) is 0 Å². The van der Waals surface area contributed by atoms with Gasteiger partial charge in [-0.2, -0.15) is 11.8 Å². The molecule has 14 heavy (non-hydrogen) atoms. The summed E-state index contributed by atoms with van der Waals surface area (Å²) in [5, 5.41) is 3.67. The molecule has 0 unspecified atom stereocenters. The minimum Gasteiger partial charge on any atom is -0.314 e. The highest BCUT2D eigenvalue weighted by atomic mass is 32.2. The quantitative estimate of drug-likeness (QED) is 0.654. The first kappa shape index (κ1) is 12.4. The van der Waals surface area contributed by atoms with E-state index in [0.717, 1.165) is 12.0 Å². The van der Waals surface area contributed by atoms with Crippen molar-refractivity contribution in [2.75, 3.05) is 18.1 Å². The molecule has 0 aromatic carbocycles. The van der Waals surface area contributed by atoms with Gasteiger partial charge in [-0.05, 0) is 50.2 Å². The van der Waals surface area contributed by atoms with Crippen LogP contribution in [0.3, 0.4) is 0 Å². The Kier molecular flexibility index (Phi) is 6.70. The second-order valence-electron chi connectivity index (χ2n) is 4.34. The number of thioether (sulfide) groups is 1. The molecule has 1 saturated carbocycles. The third-order valence-electron chi connectivity index (χ3n) is 3.24. The van der Waals surface area contributed by atoms with Crippen LogP contribution in [0, 0.1) is 5.92 Å². The minimum absolute atomic E-state index is 0.754. The van der Waals surface area contributed by atoms with Gasteiger partial charge in [-0.1, -0.05) is 19.8 Å². The fraction of sp³-hybridized carbons (Fsp3) is 1.00. The van der Waals surface area contributed by atoms with E-state index in [2.05, 4.69) is 30.9 Å². The number of nitrogens with one attached hydrogen (secondary N) is 1. The van der Waals surface area contributed by atoms with Crippen molar-refractivity contribution in [1.82, 2.24) is 5.32 Å². The van der Waals surface area contributed by atoms with Gasteiger partial charge < -0.3 is 5.32 Å². The Bertz CT molecular complexity index is 132. The molecular formula is C12H25NS. The van der Waals surface area contributed by atoms with Crippen molar-refractivity contribution >= 4 is 11.8 Å². The molecule has 0 spiro atoms. The van der Waals surface area contributed by atoms with Gasteiger partial charge in [-0.3, -0.25) is 0 Å². The van der Waals surface area contributed by atoms with Crippen molar-refractivity contribution in [2.24, 2.45) is 5.92 Å². The fourth-order valence-corrected chi connectivity index (χ4v) is 2.91. The van der Waals surface area contributed by atoms with Gasteiger partial charge in [0.05, 0.1) is 0 Å². The first-order chi connectivity index (χ1) is 6.84. The van der Waals surface area contributed by atoms with Gasteiger partial charge >= 0.3 is 0 Å². The molecule has 1 N–H and O–H groups in total. The molecule has 0 radical (unpaired) electrons. The normalized spacial score (nSPS) is 20.1. The topological polar surface area (TPSA) is 12.0 Å². The summed E-state index contributed by atoms with van der Waals surface area (Å²) in [6, 6.07) is 0.754. The largest absolute Gasteiger partial charge is 0.314 e. The summed E-state index contributed by atoms with van der Waals surface area (Å²) in [5.74, 6) is 3.55. The highest BCUT2D eigenvalue weighted by molar-refractivity contribution is 7.99. The first-order valence-electron chi connectivity index (χ1n) is 6.15. The van der Waals surface area contributed by atoms with Crippen LogP contribution in [0.4, 0.5) is 0 Å². The number of rotatable bonds is 7. The van der Waals surface area contributed by atoms with Crippen LogP contribution < -0.4 is 5.32 Å². The summed E-state index contributed by atoms with van der Waals surface area (Å²) in [5.41, 5.74) is 0. The third kappa shape index (κ3) is 4.70. The molecule has 0 aliphatic heterocycles. The molecule has 0 amide bonds. The molecule has 84 valence electrons. The molecule has 1 nitrogen and oxygen atoms in total. The van der Waals surface area contributed by atoms with Crippen molar-refractivity contribution in [3.8, 4) is 0 Å². The highest BCUT2D eigenvalue weighted by Crippen LogP contribution is 2.27. The lowest BCUT2D eigenvalue weighted by Crippen LogP contribution is -2.33. The summed E-state index contributed by atoms with van der Waals surface area (Å²) in [6.45, 7) is 5.81. The molecule has 2 heteroatoms. The van der Waals surface area contributed by atoms with Crippen molar-refractivity contribution < 1.29 is 0 Å². The van der Waals surface area contributed by atoms with Crippen LogP contribution in [0.2, 0.25) is 0 Å². The Morgan fingerprint density at radius 2 is 2.07 bits per heavy atom. The van der Waals surface area contributed by atoms with E-state index in [0.29, 0.717) is 0 Å². The zero-order valence-electron chi connectivity index (χ0n) is 9.72. The standard InChI is InChI=1S/C12H25NS/c1-3-14-10-6-9-13-11(2)12-7-4-5-8-12/h11-13H,3-10H2,1-2H3/t11-/m0/s1. The smallest absolute Gasteiger partial charge is 0.00670 e. The van der Waals surface area contributed by atoms with Crippen molar-refractivity contribution in [3.05, 3.63) is 0 Å². The molecule has 1 atom stereocenters. The van der Waals surface area contributed by atoms with Crippen LogP contribution in [-0.4, -0.2) is 24.1 Å². The van der Waals surface area contributed by atoms with E-state index in [4.69, 9.17) is 0 Å². The maximum atomic E-state index is 3.67. The predicted octanol–water partition coefficient (Wildman–Crippen LogP) is 3.30. The molecule has 1 aliphatic carbocycles.